The van der Waals surface area contributed by atoms with Crippen LogP contribution in [-0.2, 0) is 21.5 Å². The fourth-order valence-electron chi connectivity index (χ4n) is 0.714. The number of hydrogen-bond acceptors (Lipinski definition) is 4. The summed E-state index contributed by atoms with van der Waals surface area (Å²) < 4.78 is 34.5. The predicted molar refractivity (Wildman–Crippen MR) is 44.8 cm³/mol. The molecule has 0 aliphatic heterocycles. The molecule has 0 aliphatic rings. The SMILES string of the molecule is COCc1cc(S(=O)(=O)O)cs1. The zero-order valence-electron chi connectivity index (χ0n) is 6.35. The average Bonchev–Trinajstić information content (AvgIpc) is 2.35. The Morgan fingerprint density at radius 1 is 1.67 bits per heavy atom. The number of thiophene rings is 1. The lowest BCUT2D eigenvalue weighted by Gasteiger charge is -1.90. The average molecular weight is 208 g/mol. The Hall–Kier alpha value is -0.430. The zero-order valence-corrected chi connectivity index (χ0v) is 7.98. The summed E-state index contributed by atoms with van der Waals surface area (Å²) in [6.07, 6.45) is 0. The highest BCUT2D eigenvalue weighted by molar-refractivity contribution is 7.86. The van der Waals surface area contributed by atoms with Crippen LogP contribution in [0.5, 0.6) is 0 Å². The highest BCUT2D eigenvalue weighted by atomic mass is 32.2. The van der Waals surface area contributed by atoms with Crippen LogP contribution in [0.3, 0.4) is 0 Å². The summed E-state index contributed by atoms with van der Waals surface area (Å²) in [5, 5.41) is 1.38. The first kappa shape index (κ1) is 9.66. The van der Waals surface area contributed by atoms with Crippen LogP contribution < -0.4 is 0 Å². The Kier molecular flexibility index (Phi) is 2.84. The van der Waals surface area contributed by atoms with Gasteiger partial charge in [-0.1, -0.05) is 0 Å². The van der Waals surface area contributed by atoms with E-state index in [9.17, 15) is 8.42 Å². The Balaban J connectivity index is 2.92. The van der Waals surface area contributed by atoms with Crippen molar-refractivity contribution in [3.8, 4) is 0 Å². The summed E-state index contributed by atoms with van der Waals surface area (Å²) in [7, 11) is -2.52. The lowest BCUT2D eigenvalue weighted by molar-refractivity contribution is 0.187. The van der Waals surface area contributed by atoms with Crippen molar-refractivity contribution in [1.29, 1.82) is 0 Å². The number of methoxy groups -OCH3 is 1. The predicted octanol–water partition coefficient (Wildman–Crippen LogP) is 1.14. The van der Waals surface area contributed by atoms with E-state index >= 15 is 0 Å². The van der Waals surface area contributed by atoms with E-state index < -0.39 is 10.1 Å². The lowest BCUT2D eigenvalue weighted by Crippen LogP contribution is -1.95. The van der Waals surface area contributed by atoms with Crippen molar-refractivity contribution in [3.63, 3.8) is 0 Å². The molecule has 12 heavy (non-hydrogen) atoms. The van der Waals surface area contributed by atoms with Gasteiger partial charge in [0.15, 0.2) is 0 Å². The second kappa shape index (κ2) is 3.53. The molecular weight excluding hydrogens is 200 g/mol. The normalized spacial score (nSPS) is 11.8. The van der Waals surface area contributed by atoms with Crippen molar-refractivity contribution in [2.75, 3.05) is 7.11 Å². The van der Waals surface area contributed by atoms with Crippen molar-refractivity contribution in [2.45, 2.75) is 11.5 Å². The lowest BCUT2D eigenvalue weighted by atomic mass is 10.5. The molecule has 4 nitrogen and oxygen atoms in total. The van der Waals surface area contributed by atoms with Crippen LogP contribution in [0.15, 0.2) is 16.3 Å². The molecule has 0 aliphatic carbocycles. The van der Waals surface area contributed by atoms with E-state index in [4.69, 9.17) is 9.29 Å². The molecule has 0 saturated carbocycles. The van der Waals surface area contributed by atoms with Gasteiger partial charge in [0, 0.05) is 17.4 Å². The van der Waals surface area contributed by atoms with Gasteiger partial charge in [0.25, 0.3) is 10.1 Å². The van der Waals surface area contributed by atoms with Gasteiger partial charge in [0.05, 0.1) is 6.61 Å². The van der Waals surface area contributed by atoms with Gasteiger partial charge in [-0.25, -0.2) is 0 Å². The highest BCUT2D eigenvalue weighted by Crippen LogP contribution is 2.19. The van der Waals surface area contributed by atoms with E-state index in [-0.39, 0.29) is 4.90 Å². The van der Waals surface area contributed by atoms with Gasteiger partial charge >= 0.3 is 0 Å². The van der Waals surface area contributed by atoms with E-state index in [0.717, 1.165) is 4.88 Å². The van der Waals surface area contributed by atoms with Gasteiger partial charge in [0.2, 0.25) is 0 Å². The summed E-state index contributed by atoms with van der Waals surface area (Å²) >= 11 is 1.24. The third-order valence-electron chi connectivity index (χ3n) is 1.21. The van der Waals surface area contributed by atoms with Crippen molar-refractivity contribution in [2.24, 2.45) is 0 Å². The molecule has 6 heteroatoms. The van der Waals surface area contributed by atoms with Crippen molar-refractivity contribution < 1.29 is 17.7 Å². The summed E-state index contributed by atoms with van der Waals surface area (Å²) in [6.45, 7) is 0.361. The van der Waals surface area contributed by atoms with E-state index in [1.54, 1.807) is 0 Å². The Morgan fingerprint density at radius 3 is 2.75 bits per heavy atom. The van der Waals surface area contributed by atoms with Crippen LogP contribution in [0.2, 0.25) is 0 Å². The first-order chi connectivity index (χ1) is 5.54. The van der Waals surface area contributed by atoms with Crippen LogP contribution in [0.4, 0.5) is 0 Å². The molecule has 0 fully saturated rings. The third kappa shape index (κ3) is 2.28. The minimum atomic E-state index is -4.05. The first-order valence-electron chi connectivity index (χ1n) is 3.08. The maximum atomic E-state index is 10.6. The molecule has 0 spiro atoms. The monoisotopic (exact) mass is 208 g/mol. The van der Waals surface area contributed by atoms with Crippen molar-refractivity contribution in [1.82, 2.24) is 0 Å². The molecule has 1 rings (SSSR count). The van der Waals surface area contributed by atoms with Gasteiger partial charge in [-0.2, -0.15) is 8.42 Å². The van der Waals surface area contributed by atoms with Gasteiger partial charge in [-0.05, 0) is 6.07 Å². The molecule has 1 heterocycles. The van der Waals surface area contributed by atoms with E-state index in [2.05, 4.69) is 0 Å². The van der Waals surface area contributed by atoms with Gasteiger partial charge in [0.1, 0.15) is 4.90 Å². The quantitative estimate of drug-likeness (QED) is 0.756. The molecule has 0 unspecified atom stereocenters. The fourth-order valence-corrected chi connectivity index (χ4v) is 2.43. The number of hydrogen-bond donors (Lipinski definition) is 1. The number of ether oxygens (including phenoxy) is 1. The fraction of sp³-hybridized carbons (Fsp3) is 0.333. The second-order valence-corrected chi connectivity index (χ2v) is 4.57. The Bertz CT molecular complexity index is 351. The van der Waals surface area contributed by atoms with E-state index in [1.165, 1.54) is 29.9 Å². The van der Waals surface area contributed by atoms with Gasteiger partial charge < -0.3 is 4.74 Å². The van der Waals surface area contributed by atoms with Crippen molar-refractivity contribution >= 4 is 21.5 Å². The van der Waals surface area contributed by atoms with Crippen molar-refractivity contribution in [3.05, 3.63) is 16.3 Å². The summed E-state index contributed by atoms with van der Waals surface area (Å²) in [5.74, 6) is 0. The standard InChI is InChI=1S/C6H8O4S2/c1-10-3-5-2-6(4-11-5)12(7,8)9/h2,4H,3H2,1H3,(H,7,8,9). The number of rotatable bonds is 3. The largest absolute Gasteiger partial charge is 0.379 e. The Labute approximate surface area is 74.5 Å². The highest BCUT2D eigenvalue weighted by Gasteiger charge is 2.11. The second-order valence-electron chi connectivity index (χ2n) is 2.16. The van der Waals surface area contributed by atoms with Crippen LogP contribution >= 0.6 is 11.3 Å². The molecular formula is C6H8O4S2. The summed E-state index contributed by atoms with van der Waals surface area (Å²) in [4.78, 5) is 0.699. The van der Waals surface area contributed by atoms with E-state index in [0.29, 0.717) is 6.61 Å². The molecule has 0 atom stereocenters. The van der Waals surface area contributed by atoms with Crippen LogP contribution in [0, 0.1) is 0 Å². The molecule has 1 N–H and O–H groups in total. The molecule has 1 aromatic heterocycles. The van der Waals surface area contributed by atoms with Crippen LogP contribution in [0.1, 0.15) is 4.88 Å². The maximum absolute atomic E-state index is 10.6. The zero-order chi connectivity index (χ0) is 9.19. The first-order valence-corrected chi connectivity index (χ1v) is 5.40. The minimum Gasteiger partial charge on any atom is -0.379 e. The summed E-state index contributed by atoms with van der Waals surface area (Å²) in [5.41, 5.74) is 0. The molecule has 0 bridgehead atoms. The summed E-state index contributed by atoms with van der Waals surface area (Å²) in [6, 6.07) is 1.39. The molecule has 0 amide bonds. The smallest absolute Gasteiger partial charge is 0.295 e. The Morgan fingerprint density at radius 2 is 2.33 bits per heavy atom. The van der Waals surface area contributed by atoms with Crippen LogP contribution in [0.25, 0.3) is 0 Å². The molecule has 0 aromatic carbocycles. The van der Waals surface area contributed by atoms with Gasteiger partial charge in [-0.15, -0.1) is 11.3 Å². The molecule has 0 saturated heterocycles. The molecule has 1 aromatic rings. The third-order valence-corrected chi connectivity index (χ3v) is 3.11. The maximum Gasteiger partial charge on any atom is 0.295 e. The van der Waals surface area contributed by atoms with Gasteiger partial charge in [-0.3, -0.25) is 4.55 Å². The van der Waals surface area contributed by atoms with Crippen LogP contribution in [-0.4, -0.2) is 20.1 Å². The molecule has 68 valence electrons. The van der Waals surface area contributed by atoms with E-state index in [1.807, 2.05) is 0 Å². The topological polar surface area (TPSA) is 63.6 Å². The molecule has 0 radical (unpaired) electrons. The minimum absolute atomic E-state index is 0.0699.